The van der Waals surface area contributed by atoms with Crippen LogP contribution in [0.1, 0.15) is 31.5 Å². The molecule has 1 saturated carbocycles. The van der Waals surface area contributed by atoms with Crippen molar-refractivity contribution in [3.63, 3.8) is 0 Å². The maximum atomic E-state index is 13.6. The van der Waals surface area contributed by atoms with Crippen LogP contribution in [0.15, 0.2) is 30.6 Å². The van der Waals surface area contributed by atoms with Gasteiger partial charge < -0.3 is 9.64 Å². The van der Waals surface area contributed by atoms with Crippen molar-refractivity contribution >= 4 is 16.9 Å². The lowest BCUT2D eigenvalue weighted by molar-refractivity contribution is -0.145. The van der Waals surface area contributed by atoms with Crippen LogP contribution in [0.5, 0.6) is 5.75 Å². The fraction of sp³-hybridized carbons (Fsp3) is 0.421. The topological polar surface area (TPSA) is 56.1 Å². The molecule has 0 radical (unpaired) electrons. The molecule has 0 spiro atoms. The monoisotopic (exact) mass is 391 g/mol. The number of fused-ring (bicyclic) bond motifs is 1. The number of hydrogen-bond donors (Lipinski definition) is 0. The number of halogens is 3. The van der Waals surface area contributed by atoms with Crippen molar-refractivity contribution in [3.8, 4) is 11.6 Å². The van der Waals surface area contributed by atoms with Crippen LogP contribution in [0.4, 0.5) is 19.0 Å². The maximum Gasteiger partial charge on any atom is 0.450 e. The van der Waals surface area contributed by atoms with Crippen molar-refractivity contribution < 1.29 is 17.9 Å². The molecule has 2 aromatic heterocycles. The summed E-state index contributed by atoms with van der Waals surface area (Å²) in [4.78, 5) is 14.4. The minimum Gasteiger partial charge on any atom is -0.497 e. The Bertz CT molecular complexity index is 978. The standard InChI is InChI=1S/C19H20F3N5O/c1-26(12-5-3-4-6-12)16-10-24-17(11-23-16)27-15-8-7-13(28-2)9-14(15)25-18(27)19(20,21)22/h7-12H,3-6H2,1-2H3. The highest BCUT2D eigenvalue weighted by Crippen LogP contribution is 2.34. The number of imidazole rings is 1. The Hall–Kier alpha value is -2.84. The Morgan fingerprint density at radius 3 is 2.50 bits per heavy atom. The van der Waals surface area contributed by atoms with Gasteiger partial charge in [0.1, 0.15) is 11.6 Å². The van der Waals surface area contributed by atoms with Crippen LogP contribution in [-0.2, 0) is 6.18 Å². The van der Waals surface area contributed by atoms with E-state index < -0.39 is 12.0 Å². The zero-order chi connectivity index (χ0) is 19.9. The fourth-order valence-corrected chi connectivity index (χ4v) is 3.70. The van der Waals surface area contributed by atoms with E-state index in [0.717, 1.165) is 17.4 Å². The molecule has 6 nitrogen and oxygen atoms in total. The van der Waals surface area contributed by atoms with E-state index in [-0.39, 0.29) is 11.3 Å². The SMILES string of the molecule is COc1ccc2c(c1)nc(C(F)(F)F)n2-c1cnc(N(C)C2CCCC2)cn1. The third-order valence-corrected chi connectivity index (χ3v) is 5.20. The molecule has 0 atom stereocenters. The Morgan fingerprint density at radius 2 is 1.89 bits per heavy atom. The van der Waals surface area contributed by atoms with Gasteiger partial charge in [-0.1, -0.05) is 12.8 Å². The van der Waals surface area contributed by atoms with E-state index in [1.165, 1.54) is 44.5 Å². The van der Waals surface area contributed by atoms with Gasteiger partial charge >= 0.3 is 6.18 Å². The van der Waals surface area contributed by atoms with Crippen LogP contribution >= 0.6 is 0 Å². The van der Waals surface area contributed by atoms with Gasteiger partial charge in [-0.2, -0.15) is 13.2 Å². The van der Waals surface area contributed by atoms with Crippen molar-refractivity contribution in [3.05, 3.63) is 36.4 Å². The molecule has 1 aromatic carbocycles. The average molecular weight is 391 g/mol. The lowest BCUT2D eigenvalue weighted by Gasteiger charge is -2.25. The van der Waals surface area contributed by atoms with E-state index in [9.17, 15) is 13.2 Å². The van der Waals surface area contributed by atoms with Crippen LogP contribution in [-0.4, -0.2) is 39.7 Å². The maximum absolute atomic E-state index is 13.6. The molecular formula is C19H20F3N5O. The van der Waals surface area contributed by atoms with Gasteiger partial charge in [0, 0.05) is 19.2 Å². The normalized spacial score (nSPS) is 15.3. The van der Waals surface area contributed by atoms with Gasteiger partial charge in [0.2, 0.25) is 5.82 Å². The van der Waals surface area contributed by atoms with E-state index in [1.54, 1.807) is 6.07 Å². The summed E-state index contributed by atoms with van der Waals surface area (Å²) < 4.78 is 46.9. The molecular weight excluding hydrogens is 371 g/mol. The third kappa shape index (κ3) is 3.25. The number of anilines is 1. The molecule has 148 valence electrons. The van der Waals surface area contributed by atoms with Gasteiger partial charge in [0.25, 0.3) is 0 Å². The third-order valence-electron chi connectivity index (χ3n) is 5.20. The highest BCUT2D eigenvalue weighted by atomic mass is 19.4. The Morgan fingerprint density at radius 1 is 1.14 bits per heavy atom. The molecule has 3 aromatic rings. The summed E-state index contributed by atoms with van der Waals surface area (Å²) in [5, 5.41) is 0. The molecule has 1 aliphatic rings. The van der Waals surface area contributed by atoms with Gasteiger partial charge in [-0.15, -0.1) is 0 Å². The van der Waals surface area contributed by atoms with Crippen molar-refractivity contribution in [1.82, 2.24) is 19.5 Å². The van der Waals surface area contributed by atoms with Gasteiger partial charge in [-0.3, -0.25) is 4.57 Å². The Balaban J connectivity index is 1.77. The second kappa shape index (κ2) is 6.96. The summed E-state index contributed by atoms with van der Waals surface area (Å²) >= 11 is 0. The van der Waals surface area contributed by atoms with E-state index in [2.05, 4.69) is 15.0 Å². The number of aromatic nitrogens is 4. The number of ether oxygens (including phenoxy) is 1. The van der Waals surface area contributed by atoms with Gasteiger partial charge in [0.15, 0.2) is 5.82 Å². The summed E-state index contributed by atoms with van der Waals surface area (Å²) in [5.41, 5.74) is 0.472. The van der Waals surface area contributed by atoms with Crippen LogP contribution < -0.4 is 9.64 Å². The predicted molar refractivity (Wildman–Crippen MR) is 98.9 cm³/mol. The number of nitrogens with zero attached hydrogens (tertiary/aromatic N) is 5. The largest absolute Gasteiger partial charge is 0.497 e. The first-order valence-corrected chi connectivity index (χ1v) is 9.07. The molecule has 0 bridgehead atoms. The second-order valence-electron chi connectivity index (χ2n) is 6.91. The number of benzene rings is 1. The zero-order valence-corrected chi connectivity index (χ0v) is 15.6. The van der Waals surface area contributed by atoms with E-state index in [1.807, 2.05) is 11.9 Å². The second-order valence-corrected chi connectivity index (χ2v) is 6.91. The molecule has 1 fully saturated rings. The molecule has 28 heavy (non-hydrogen) atoms. The minimum absolute atomic E-state index is 0.0727. The molecule has 0 saturated heterocycles. The summed E-state index contributed by atoms with van der Waals surface area (Å²) in [6, 6.07) is 5.00. The first-order chi connectivity index (χ1) is 13.4. The summed E-state index contributed by atoms with van der Waals surface area (Å²) in [6.07, 6.45) is 2.79. The van der Waals surface area contributed by atoms with Crippen molar-refractivity contribution in [1.29, 1.82) is 0 Å². The summed E-state index contributed by atoms with van der Waals surface area (Å²) in [7, 11) is 3.40. The Kier molecular flexibility index (Phi) is 4.60. The van der Waals surface area contributed by atoms with Crippen molar-refractivity contribution in [2.24, 2.45) is 0 Å². The Labute approximate surface area is 160 Å². The zero-order valence-electron chi connectivity index (χ0n) is 15.6. The van der Waals surface area contributed by atoms with Gasteiger partial charge in [-0.25, -0.2) is 15.0 Å². The minimum atomic E-state index is -4.63. The van der Waals surface area contributed by atoms with Gasteiger partial charge in [0.05, 0.1) is 30.5 Å². The smallest absolute Gasteiger partial charge is 0.450 e. The predicted octanol–water partition coefficient (Wildman–Crippen LogP) is 4.22. The first-order valence-electron chi connectivity index (χ1n) is 9.07. The average Bonchev–Trinajstić information content (AvgIpc) is 3.34. The highest BCUT2D eigenvalue weighted by Gasteiger charge is 2.38. The van der Waals surface area contributed by atoms with E-state index >= 15 is 0 Å². The number of methoxy groups -OCH3 is 1. The van der Waals surface area contributed by atoms with Gasteiger partial charge in [-0.05, 0) is 25.0 Å². The molecule has 0 amide bonds. The molecule has 9 heteroatoms. The quantitative estimate of drug-likeness (QED) is 0.667. The van der Waals surface area contributed by atoms with Crippen molar-refractivity contribution in [2.75, 3.05) is 19.1 Å². The first kappa shape index (κ1) is 18.5. The van der Waals surface area contributed by atoms with E-state index in [4.69, 9.17) is 4.74 Å². The van der Waals surface area contributed by atoms with Crippen LogP contribution in [0, 0.1) is 0 Å². The highest BCUT2D eigenvalue weighted by molar-refractivity contribution is 5.79. The molecule has 0 aliphatic heterocycles. The molecule has 0 N–H and O–H groups in total. The van der Waals surface area contributed by atoms with Crippen molar-refractivity contribution in [2.45, 2.75) is 37.9 Å². The number of hydrogen-bond acceptors (Lipinski definition) is 5. The summed E-state index contributed by atoms with van der Waals surface area (Å²) in [6.45, 7) is 0. The molecule has 2 heterocycles. The van der Waals surface area contributed by atoms with E-state index in [0.29, 0.717) is 23.1 Å². The van der Waals surface area contributed by atoms with Crippen LogP contribution in [0.2, 0.25) is 0 Å². The lowest BCUT2D eigenvalue weighted by atomic mass is 10.2. The number of rotatable bonds is 4. The summed E-state index contributed by atoms with van der Waals surface area (Å²) in [5.74, 6) is 0.117. The van der Waals surface area contributed by atoms with Crippen LogP contribution in [0.25, 0.3) is 16.9 Å². The lowest BCUT2D eigenvalue weighted by Crippen LogP contribution is -2.29. The molecule has 4 rings (SSSR count). The number of alkyl halides is 3. The fourth-order valence-electron chi connectivity index (χ4n) is 3.70. The molecule has 1 aliphatic carbocycles. The molecule has 0 unspecified atom stereocenters. The van der Waals surface area contributed by atoms with Crippen LogP contribution in [0.3, 0.4) is 0 Å².